The Morgan fingerprint density at radius 2 is 1.69 bits per heavy atom. The van der Waals surface area contributed by atoms with Crippen LogP contribution in [0.25, 0.3) is 11.1 Å². The maximum absolute atomic E-state index is 10.6. The van der Waals surface area contributed by atoms with Crippen LogP contribution < -0.4 is 0 Å². The van der Waals surface area contributed by atoms with Crippen molar-refractivity contribution in [1.82, 2.24) is 0 Å². The van der Waals surface area contributed by atoms with Crippen molar-refractivity contribution in [1.29, 1.82) is 0 Å². The highest BCUT2D eigenvalue weighted by molar-refractivity contribution is 6.32. The van der Waals surface area contributed by atoms with E-state index in [0.717, 1.165) is 11.1 Å². The van der Waals surface area contributed by atoms with E-state index in [4.69, 9.17) is 11.6 Å². The number of nitrogens with zero attached hydrogens (tertiary/aromatic N) is 1. The number of benzene rings is 2. The van der Waals surface area contributed by atoms with E-state index in [0.29, 0.717) is 0 Å². The van der Waals surface area contributed by atoms with Gasteiger partial charge in [0.05, 0.1) is 4.92 Å². The summed E-state index contributed by atoms with van der Waals surface area (Å²) in [6.45, 7) is 0. The fourth-order valence-electron chi connectivity index (χ4n) is 1.47. The maximum atomic E-state index is 10.6. The van der Waals surface area contributed by atoms with E-state index in [1.807, 2.05) is 30.3 Å². The lowest BCUT2D eigenvalue weighted by atomic mass is 10.1. The number of hydrogen-bond acceptors (Lipinski definition) is 2. The second-order valence-corrected chi connectivity index (χ2v) is 3.70. The zero-order valence-corrected chi connectivity index (χ0v) is 9.02. The SMILES string of the molecule is O=[N+]([O-])c1ccc(-c2ccccc2)cc1Cl. The number of nitro benzene ring substituents is 1. The molecule has 80 valence electrons. The van der Waals surface area contributed by atoms with Gasteiger partial charge in [0, 0.05) is 6.07 Å². The minimum absolute atomic E-state index is 0.0682. The Bertz CT molecular complexity index is 526. The molecule has 0 heterocycles. The molecule has 0 aromatic heterocycles. The molecule has 0 unspecified atom stereocenters. The Morgan fingerprint density at radius 3 is 2.25 bits per heavy atom. The average Bonchev–Trinajstić information content (AvgIpc) is 2.29. The molecule has 0 fully saturated rings. The van der Waals surface area contributed by atoms with Crippen LogP contribution in [0.5, 0.6) is 0 Å². The van der Waals surface area contributed by atoms with Crippen molar-refractivity contribution in [3.63, 3.8) is 0 Å². The summed E-state index contributed by atoms with van der Waals surface area (Å²) in [5.74, 6) is 0. The van der Waals surface area contributed by atoms with Crippen LogP contribution in [-0.2, 0) is 0 Å². The van der Waals surface area contributed by atoms with E-state index in [1.54, 1.807) is 12.1 Å². The zero-order valence-electron chi connectivity index (χ0n) is 8.26. The zero-order chi connectivity index (χ0) is 11.5. The smallest absolute Gasteiger partial charge is 0.258 e. The summed E-state index contributed by atoms with van der Waals surface area (Å²) in [6, 6.07) is 14.3. The molecule has 0 atom stereocenters. The molecule has 2 rings (SSSR count). The van der Waals surface area contributed by atoms with Crippen LogP contribution in [0.1, 0.15) is 0 Å². The number of rotatable bonds is 2. The van der Waals surface area contributed by atoms with Crippen LogP contribution in [0.3, 0.4) is 0 Å². The highest BCUT2D eigenvalue weighted by atomic mass is 35.5. The summed E-state index contributed by atoms with van der Waals surface area (Å²) in [6.07, 6.45) is 0. The molecule has 4 heteroatoms. The lowest BCUT2D eigenvalue weighted by Gasteiger charge is -2.02. The van der Waals surface area contributed by atoms with E-state index in [2.05, 4.69) is 0 Å². The predicted molar refractivity (Wildman–Crippen MR) is 63.5 cm³/mol. The first-order valence-electron chi connectivity index (χ1n) is 4.68. The fourth-order valence-corrected chi connectivity index (χ4v) is 1.71. The molecular weight excluding hydrogens is 226 g/mol. The average molecular weight is 234 g/mol. The number of halogens is 1. The largest absolute Gasteiger partial charge is 0.287 e. The number of nitro groups is 1. The minimum Gasteiger partial charge on any atom is -0.258 e. The van der Waals surface area contributed by atoms with Gasteiger partial charge in [-0.2, -0.15) is 0 Å². The van der Waals surface area contributed by atoms with Crippen LogP contribution >= 0.6 is 11.6 Å². The quantitative estimate of drug-likeness (QED) is 0.583. The van der Waals surface area contributed by atoms with E-state index < -0.39 is 4.92 Å². The van der Waals surface area contributed by atoms with Gasteiger partial charge < -0.3 is 0 Å². The van der Waals surface area contributed by atoms with Crippen molar-refractivity contribution in [3.05, 3.63) is 63.7 Å². The molecule has 2 aromatic rings. The second kappa shape index (κ2) is 4.33. The molecule has 16 heavy (non-hydrogen) atoms. The van der Waals surface area contributed by atoms with Gasteiger partial charge in [-0.15, -0.1) is 0 Å². The molecule has 0 radical (unpaired) electrons. The van der Waals surface area contributed by atoms with Gasteiger partial charge in [0.1, 0.15) is 5.02 Å². The summed E-state index contributed by atoms with van der Waals surface area (Å²) < 4.78 is 0. The van der Waals surface area contributed by atoms with E-state index in [9.17, 15) is 10.1 Å². The normalized spacial score (nSPS) is 10.1. The Labute approximate surface area is 97.4 Å². The molecular formula is C12H8ClNO2. The van der Waals surface area contributed by atoms with Gasteiger partial charge in [-0.25, -0.2) is 0 Å². The lowest BCUT2D eigenvalue weighted by Crippen LogP contribution is -1.89. The maximum Gasteiger partial charge on any atom is 0.287 e. The first-order chi connectivity index (χ1) is 7.68. The van der Waals surface area contributed by atoms with Crippen molar-refractivity contribution in [2.24, 2.45) is 0 Å². The van der Waals surface area contributed by atoms with Gasteiger partial charge in [-0.05, 0) is 23.3 Å². The Hall–Kier alpha value is -1.87. The molecule has 0 aliphatic carbocycles. The summed E-state index contributed by atoms with van der Waals surface area (Å²) in [7, 11) is 0. The third-order valence-corrected chi connectivity index (χ3v) is 2.55. The van der Waals surface area contributed by atoms with Gasteiger partial charge in [0.15, 0.2) is 0 Å². The lowest BCUT2D eigenvalue weighted by molar-refractivity contribution is -0.384. The first-order valence-corrected chi connectivity index (χ1v) is 5.05. The molecule has 0 aliphatic heterocycles. The van der Waals surface area contributed by atoms with Crippen molar-refractivity contribution < 1.29 is 4.92 Å². The summed E-state index contributed by atoms with van der Waals surface area (Å²) in [5, 5.41) is 10.7. The second-order valence-electron chi connectivity index (χ2n) is 3.29. The van der Waals surface area contributed by atoms with E-state index in [1.165, 1.54) is 6.07 Å². The van der Waals surface area contributed by atoms with Crippen molar-refractivity contribution in [3.8, 4) is 11.1 Å². The summed E-state index contributed by atoms with van der Waals surface area (Å²) >= 11 is 5.83. The molecule has 3 nitrogen and oxygen atoms in total. The third kappa shape index (κ3) is 2.04. The topological polar surface area (TPSA) is 43.1 Å². The molecule has 0 aliphatic rings. The van der Waals surface area contributed by atoms with Gasteiger partial charge in [0.2, 0.25) is 0 Å². The molecule has 0 saturated heterocycles. The van der Waals surface area contributed by atoms with Crippen molar-refractivity contribution in [2.45, 2.75) is 0 Å². The van der Waals surface area contributed by atoms with Crippen LogP contribution in [0, 0.1) is 10.1 Å². The standard InChI is InChI=1S/C12H8ClNO2/c13-11-8-10(6-7-12(11)14(15)16)9-4-2-1-3-5-9/h1-8H. The van der Waals surface area contributed by atoms with Crippen LogP contribution in [-0.4, -0.2) is 4.92 Å². The molecule has 0 saturated carbocycles. The van der Waals surface area contributed by atoms with E-state index in [-0.39, 0.29) is 10.7 Å². The number of hydrogen-bond donors (Lipinski definition) is 0. The van der Waals surface area contributed by atoms with Gasteiger partial charge >= 0.3 is 0 Å². The van der Waals surface area contributed by atoms with Gasteiger partial charge in [0.25, 0.3) is 5.69 Å². The minimum atomic E-state index is -0.489. The van der Waals surface area contributed by atoms with Gasteiger partial charge in [-0.1, -0.05) is 41.9 Å². The monoisotopic (exact) mass is 233 g/mol. The Kier molecular flexibility index (Phi) is 2.88. The summed E-state index contributed by atoms with van der Waals surface area (Å²) in [5.41, 5.74) is 1.79. The Morgan fingerprint density at radius 1 is 1.00 bits per heavy atom. The highest BCUT2D eigenvalue weighted by Gasteiger charge is 2.12. The Balaban J connectivity index is 2.46. The molecule has 0 amide bonds. The van der Waals surface area contributed by atoms with E-state index >= 15 is 0 Å². The molecule has 0 N–H and O–H groups in total. The molecule has 2 aromatic carbocycles. The van der Waals surface area contributed by atoms with Crippen LogP contribution in [0.4, 0.5) is 5.69 Å². The summed E-state index contributed by atoms with van der Waals surface area (Å²) in [4.78, 5) is 10.1. The van der Waals surface area contributed by atoms with Gasteiger partial charge in [-0.3, -0.25) is 10.1 Å². The van der Waals surface area contributed by atoms with Crippen molar-refractivity contribution >= 4 is 17.3 Å². The third-order valence-electron chi connectivity index (χ3n) is 2.25. The van der Waals surface area contributed by atoms with Crippen molar-refractivity contribution in [2.75, 3.05) is 0 Å². The highest BCUT2D eigenvalue weighted by Crippen LogP contribution is 2.29. The predicted octanol–water partition coefficient (Wildman–Crippen LogP) is 3.92. The van der Waals surface area contributed by atoms with Crippen LogP contribution in [0.15, 0.2) is 48.5 Å². The molecule has 0 bridgehead atoms. The fraction of sp³-hybridized carbons (Fsp3) is 0. The molecule has 0 spiro atoms. The van der Waals surface area contributed by atoms with Crippen LogP contribution in [0.2, 0.25) is 5.02 Å². The first kappa shape index (κ1) is 10.6.